The van der Waals surface area contributed by atoms with Crippen molar-refractivity contribution in [2.24, 2.45) is 11.5 Å². The van der Waals surface area contributed by atoms with Gasteiger partial charge in [0.25, 0.3) is 5.91 Å². The predicted octanol–water partition coefficient (Wildman–Crippen LogP) is 3.35. The molecule has 1 aliphatic rings. The molecule has 0 bridgehead atoms. The Labute approximate surface area is 174 Å². The van der Waals surface area contributed by atoms with E-state index in [4.69, 9.17) is 20.6 Å². The van der Waals surface area contributed by atoms with Gasteiger partial charge in [0, 0.05) is 22.7 Å². The standard InChI is InChI=1S/C21H18F3N3O4/c1-10-14(18(25)28)15-12(31-10)4-5-13(16(15)20(6-7-20)19(26)29)30-9-11-3-2-8-27-17(11)21(22,23)24/h2-5,8H,6-7,9H2,1H3,(H2,25,28)(H2,26,29). The summed E-state index contributed by atoms with van der Waals surface area (Å²) in [7, 11) is 0. The molecule has 0 atom stereocenters. The highest BCUT2D eigenvalue weighted by molar-refractivity contribution is 6.10. The van der Waals surface area contributed by atoms with Crippen molar-refractivity contribution >= 4 is 22.8 Å². The third kappa shape index (κ3) is 3.37. The van der Waals surface area contributed by atoms with E-state index in [0.717, 1.165) is 6.20 Å². The molecule has 2 heterocycles. The van der Waals surface area contributed by atoms with Crippen LogP contribution >= 0.6 is 0 Å². The third-order valence-electron chi connectivity index (χ3n) is 5.48. The summed E-state index contributed by atoms with van der Waals surface area (Å²) in [4.78, 5) is 27.8. The molecule has 1 aliphatic carbocycles. The molecule has 10 heteroatoms. The highest BCUT2D eigenvalue weighted by Crippen LogP contribution is 2.54. The number of aromatic nitrogens is 1. The Morgan fingerprint density at radius 3 is 2.52 bits per heavy atom. The molecular formula is C21H18F3N3O4. The van der Waals surface area contributed by atoms with E-state index in [-0.39, 0.29) is 22.6 Å². The number of aryl methyl sites for hydroxylation is 1. The maximum absolute atomic E-state index is 13.3. The summed E-state index contributed by atoms with van der Waals surface area (Å²) in [5, 5.41) is 0.293. The second kappa shape index (κ2) is 7.00. The van der Waals surface area contributed by atoms with Gasteiger partial charge >= 0.3 is 6.18 Å². The molecule has 0 radical (unpaired) electrons. The lowest BCUT2D eigenvalue weighted by molar-refractivity contribution is -0.142. The van der Waals surface area contributed by atoms with Crippen molar-refractivity contribution in [2.45, 2.75) is 38.0 Å². The first-order valence-corrected chi connectivity index (χ1v) is 9.36. The van der Waals surface area contributed by atoms with E-state index in [1.165, 1.54) is 24.3 Å². The van der Waals surface area contributed by atoms with Crippen molar-refractivity contribution < 1.29 is 31.9 Å². The fraction of sp³-hybridized carbons (Fsp3) is 0.286. The largest absolute Gasteiger partial charge is 0.488 e. The molecule has 0 aliphatic heterocycles. The van der Waals surface area contributed by atoms with Gasteiger partial charge < -0.3 is 20.6 Å². The minimum atomic E-state index is -4.65. The third-order valence-corrected chi connectivity index (χ3v) is 5.48. The van der Waals surface area contributed by atoms with Gasteiger partial charge in [0.1, 0.15) is 23.7 Å². The van der Waals surface area contributed by atoms with Crippen LogP contribution in [0, 0.1) is 6.92 Å². The number of fused-ring (bicyclic) bond motifs is 1. The first kappa shape index (κ1) is 20.7. The van der Waals surface area contributed by atoms with Gasteiger partial charge in [0.15, 0.2) is 5.69 Å². The van der Waals surface area contributed by atoms with Gasteiger partial charge in [-0.25, -0.2) is 0 Å². The van der Waals surface area contributed by atoms with Gasteiger partial charge in [0.05, 0.1) is 11.0 Å². The number of carbonyl (C=O) groups excluding carboxylic acids is 2. The molecule has 3 aromatic rings. The van der Waals surface area contributed by atoms with Crippen LogP contribution in [0.1, 0.15) is 45.8 Å². The summed E-state index contributed by atoms with van der Waals surface area (Å²) in [5.41, 5.74) is 9.51. The molecule has 7 nitrogen and oxygen atoms in total. The van der Waals surface area contributed by atoms with Gasteiger partial charge in [0.2, 0.25) is 5.91 Å². The Balaban J connectivity index is 1.86. The van der Waals surface area contributed by atoms with Crippen LogP contribution in [0.15, 0.2) is 34.9 Å². The Hall–Kier alpha value is -3.56. The number of pyridine rings is 1. The Kier molecular flexibility index (Phi) is 4.68. The zero-order chi connectivity index (χ0) is 22.6. The lowest BCUT2D eigenvalue weighted by atomic mass is 9.89. The zero-order valence-electron chi connectivity index (χ0n) is 16.4. The number of furan rings is 1. The number of alkyl halides is 3. The molecule has 1 saturated carbocycles. The Morgan fingerprint density at radius 2 is 1.94 bits per heavy atom. The van der Waals surface area contributed by atoms with Gasteiger partial charge in [-0.05, 0) is 38.0 Å². The number of halogens is 3. The summed E-state index contributed by atoms with van der Waals surface area (Å²) in [5.74, 6) is -1.00. The van der Waals surface area contributed by atoms with Crippen molar-refractivity contribution in [3.05, 3.63) is 58.6 Å². The van der Waals surface area contributed by atoms with Crippen LogP contribution in [0.25, 0.3) is 11.0 Å². The predicted molar refractivity (Wildman–Crippen MR) is 103 cm³/mol. The van der Waals surface area contributed by atoms with E-state index in [0.29, 0.717) is 29.4 Å². The minimum absolute atomic E-state index is 0.0836. The molecule has 4 rings (SSSR count). The van der Waals surface area contributed by atoms with Crippen LogP contribution in [0.5, 0.6) is 5.75 Å². The number of ether oxygens (including phenoxy) is 1. The summed E-state index contributed by atoms with van der Waals surface area (Å²) in [6.07, 6.45) is -2.80. The molecule has 4 N–H and O–H groups in total. The van der Waals surface area contributed by atoms with Crippen LogP contribution in [-0.2, 0) is 23.0 Å². The average molecular weight is 433 g/mol. The van der Waals surface area contributed by atoms with E-state index in [1.54, 1.807) is 6.92 Å². The highest BCUT2D eigenvalue weighted by atomic mass is 19.4. The summed E-state index contributed by atoms with van der Waals surface area (Å²) in [6.45, 7) is 1.10. The van der Waals surface area contributed by atoms with Gasteiger partial charge in [-0.1, -0.05) is 6.07 Å². The molecular weight excluding hydrogens is 415 g/mol. The minimum Gasteiger partial charge on any atom is -0.488 e. The molecule has 31 heavy (non-hydrogen) atoms. The smallest absolute Gasteiger partial charge is 0.433 e. The highest BCUT2D eigenvalue weighted by Gasteiger charge is 2.53. The van der Waals surface area contributed by atoms with Crippen LogP contribution in [-0.4, -0.2) is 16.8 Å². The summed E-state index contributed by atoms with van der Waals surface area (Å²) in [6, 6.07) is 5.62. The number of benzene rings is 1. The van der Waals surface area contributed by atoms with E-state index in [1.807, 2.05) is 0 Å². The quantitative estimate of drug-likeness (QED) is 0.617. The first-order valence-electron chi connectivity index (χ1n) is 9.36. The number of rotatable bonds is 6. The second-order valence-corrected chi connectivity index (χ2v) is 7.45. The van der Waals surface area contributed by atoms with Crippen molar-refractivity contribution in [1.29, 1.82) is 0 Å². The lowest BCUT2D eigenvalue weighted by Gasteiger charge is -2.19. The van der Waals surface area contributed by atoms with Crippen LogP contribution < -0.4 is 16.2 Å². The van der Waals surface area contributed by atoms with Gasteiger partial charge in [-0.2, -0.15) is 13.2 Å². The van der Waals surface area contributed by atoms with E-state index < -0.39 is 35.7 Å². The summed E-state index contributed by atoms with van der Waals surface area (Å²) < 4.78 is 51.2. The fourth-order valence-corrected chi connectivity index (χ4v) is 3.89. The number of hydrogen-bond donors (Lipinski definition) is 2. The molecule has 2 amide bonds. The first-order chi connectivity index (χ1) is 14.6. The number of hydrogen-bond acceptors (Lipinski definition) is 5. The number of nitrogens with two attached hydrogens (primary N) is 2. The summed E-state index contributed by atoms with van der Waals surface area (Å²) >= 11 is 0. The van der Waals surface area contributed by atoms with Crippen molar-refractivity contribution in [3.8, 4) is 5.75 Å². The monoisotopic (exact) mass is 433 g/mol. The second-order valence-electron chi connectivity index (χ2n) is 7.45. The van der Waals surface area contributed by atoms with Gasteiger partial charge in [-0.3, -0.25) is 14.6 Å². The lowest BCUT2D eigenvalue weighted by Crippen LogP contribution is -2.29. The van der Waals surface area contributed by atoms with E-state index in [9.17, 15) is 22.8 Å². The Morgan fingerprint density at radius 1 is 1.23 bits per heavy atom. The number of nitrogens with zero attached hydrogens (tertiary/aromatic N) is 1. The van der Waals surface area contributed by atoms with Gasteiger partial charge in [-0.15, -0.1) is 0 Å². The van der Waals surface area contributed by atoms with Crippen molar-refractivity contribution in [3.63, 3.8) is 0 Å². The average Bonchev–Trinajstić information content (AvgIpc) is 3.42. The normalized spacial score (nSPS) is 15.1. The number of primary amides is 2. The Bertz CT molecular complexity index is 1210. The number of amides is 2. The van der Waals surface area contributed by atoms with Crippen LogP contribution in [0.2, 0.25) is 0 Å². The van der Waals surface area contributed by atoms with E-state index in [2.05, 4.69) is 4.98 Å². The fourth-order valence-electron chi connectivity index (χ4n) is 3.89. The van der Waals surface area contributed by atoms with Crippen LogP contribution in [0.3, 0.4) is 0 Å². The van der Waals surface area contributed by atoms with E-state index >= 15 is 0 Å². The maximum Gasteiger partial charge on any atom is 0.433 e. The molecule has 0 unspecified atom stereocenters. The maximum atomic E-state index is 13.3. The molecule has 1 aromatic carbocycles. The number of carbonyl (C=O) groups is 2. The molecule has 0 saturated heterocycles. The molecule has 2 aromatic heterocycles. The SMILES string of the molecule is Cc1oc2ccc(OCc3cccnc3C(F)(F)F)c(C3(C(N)=O)CC3)c2c1C(N)=O. The van der Waals surface area contributed by atoms with Crippen molar-refractivity contribution in [1.82, 2.24) is 4.98 Å². The topological polar surface area (TPSA) is 121 Å². The van der Waals surface area contributed by atoms with Crippen LogP contribution in [0.4, 0.5) is 13.2 Å². The molecule has 0 spiro atoms. The molecule has 1 fully saturated rings. The van der Waals surface area contributed by atoms with Crippen molar-refractivity contribution in [2.75, 3.05) is 0 Å². The molecule has 162 valence electrons. The zero-order valence-corrected chi connectivity index (χ0v) is 16.4.